The Balaban J connectivity index is 1.37. The number of rotatable bonds is 9. The van der Waals surface area contributed by atoms with E-state index in [4.69, 9.17) is 18.9 Å². The maximum atomic E-state index is 10.8. The van der Waals surface area contributed by atoms with Crippen LogP contribution in [0.4, 0.5) is 0 Å². The zero-order valence-electron chi connectivity index (χ0n) is 22.1. The highest BCUT2D eigenvalue weighted by Crippen LogP contribution is 2.54. The average molecular weight is 503 g/mol. The van der Waals surface area contributed by atoms with E-state index < -0.39 is 0 Å². The molecular formula is C32H38O5. The lowest BCUT2D eigenvalue weighted by Crippen LogP contribution is -2.58. The van der Waals surface area contributed by atoms with Gasteiger partial charge >= 0.3 is 0 Å². The molecule has 0 saturated heterocycles. The Labute approximate surface area is 220 Å². The zero-order valence-corrected chi connectivity index (χ0v) is 22.1. The third-order valence-electron chi connectivity index (χ3n) is 8.23. The Hall–Kier alpha value is -2.86. The van der Waals surface area contributed by atoms with Crippen LogP contribution in [0.25, 0.3) is 0 Å². The molecule has 0 radical (unpaired) electrons. The summed E-state index contributed by atoms with van der Waals surface area (Å²) in [5.74, 6) is 1.80. The van der Waals surface area contributed by atoms with Crippen LogP contribution in [0.3, 0.4) is 0 Å². The lowest BCUT2D eigenvalue weighted by Gasteiger charge is -2.55. The molecule has 1 fully saturated rings. The monoisotopic (exact) mass is 502 g/mol. The van der Waals surface area contributed by atoms with E-state index in [0.717, 1.165) is 53.0 Å². The summed E-state index contributed by atoms with van der Waals surface area (Å²) in [5.41, 5.74) is 3.70. The fraction of sp³-hybridized carbons (Fsp3) is 0.438. The van der Waals surface area contributed by atoms with E-state index in [0.29, 0.717) is 19.8 Å². The summed E-state index contributed by atoms with van der Waals surface area (Å²) in [6.45, 7) is 8.03. The fourth-order valence-electron chi connectivity index (χ4n) is 5.95. The van der Waals surface area contributed by atoms with Crippen molar-refractivity contribution < 1.29 is 24.1 Å². The van der Waals surface area contributed by atoms with Gasteiger partial charge in [-0.25, -0.2) is 0 Å². The highest BCUT2D eigenvalue weighted by Gasteiger charge is 2.54. The molecule has 2 aliphatic rings. The quantitative estimate of drug-likeness (QED) is 0.269. The topological polar surface area (TPSA) is 57.2 Å². The first-order chi connectivity index (χ1) is 17.9. The maximum Gasteiger partial charge on any atom is 0.189 e. The van der Waals surface area contributed by atoms with Gasteiger partial charge in [0.05, 0.1) is 31.5 Å². The van der Waals surface area contributed by atoms with Gasteiger partial charge < -0.3 is 24.1 Å². The van der Waals surface area contributed by atoms with Gasteiger partial charge in [0.2, 0.25) is 0 Å². The first-order valence-corrected chi connectivity index (χ1v) is 13.2. The smallest absolute Gasteiger partial charge is 0.189 e. The summed E-state index contributed by atoms with van der Waals surface area (Å²) in [6.07, 6.45) is 2.08. The third kappa shape index (κ3) is 5.54. The van der Waals surface area contributed by atoms with Crippen molar-refractivity contribution in [3.8, 4) is 11.5 Å². The predicted molar refractivity (Wildman–Crippen MR) is 143 cm³/mol. The summed E-state index contributed by atoms with van der Waals surface area (Å²) in [4.78, 5) is 0. The van der Waals surface area contributed by atoms with Crippen LogP contribution in [0.1, 0.15) is 55.9 Å². The van der Waals surface area contributed by atoms with Gasteiger partial charge in [-0.05, 0) is 54.4 Å². The third-order valence-corrected chi connectivity index (χ3v) is 8.23. The minimum atomic E-state index is -0.355. The predicted octanol–water partition coefficient (Wildman–Crippen LogP) is 6.45. The minimum Gasteiger partial charge on any atom is -0.486 e. The molecule has 1 heterocycles. The van der Waals surface area contributed by atoms with Gasteiger partial charge in [-0.15, -0.1) is 0 Å². The van der Waals surface area contributed by atoms with Crippen molar-refractivity contribution in [2.45, 2.75) is 71.6 Å². The molecule has 1 saturated carbocycles. The Morgan fingerprint density at radius 2 is 1.49 bits per heavy atom. The van der Waals surface area contributed by atoms with Crippen molar-refractivity contribution in [2.75, 3.05) is 6.79 Å². The normalized spacial score (nSPS) is 24.0. The SMILES string of the molecule is CC1(C)[C@H](O)CC[C@@]2(C)Oc3c(ccc(OCOCc4ccccc4)c3COCc3ccccc3)C[C@H]12. The van der Waals surface area contributed by atoms with Gasteiger partial charge in [0.1, 0.15) is 17.1 Å². The van der Waals surface area contributed by atoms with Crippen molar-refractivity contribution >= 4 is 0 Å². The van der Waals surface area contributed by atoms with E-state index in [9.17, 15) is 5.11 Å². The average Bonchev–Trinajstić information content (AvgIpc) is 2.90. The number of aliphatic hydroxyl groups is 1. The molecule has 5 rings (SSSR count). The van der Waals surface area contributed by atoms with Gasteiger partial charge in [0.15, 0.2) is 6.79 Å². The second kappa shape index (κ2) is 10.9. The van der Waals surface area contributed by atoms with E-state index >= 15 is 0 Å². The van der Waals surface area contributed by atoms with Crippen LogP contribution in [-0.2, 0) is 35.7 Å². The van der Waals surface area contributed by atoms with Crippen LogP contribution in [0.2, 0.25) is 0 Å². The van der Waals surface area contributed by atoms with E-state index in [-0.39, 0.29) is 29.8 Å². The Morgan fingerprint density at radius 3 is 2.16 bits per heavy atom. The summed E-state index contributed by atoms with van der Waals surface area (Å²) >= 11 is 0. The molecule has 3 aromatic carbocycles. The molecule has 3 atom stereocenters. The number of hydrogen-bond donors (Lipinski definition) is 1. The van der Waals surface area contributed by atoms with Crippen molar-refractivity contribution in [3.63, 3.8) is 0 Å². The minimum absolute atomic E-state index is 0.137. The highest BCUT2D eigenvalue weighted by molar-refractivity contribution is 5.52. The maximum absolute atomic E-state index is 10.8. The van der Waals surface area contributed by atoms with E-state index in [2.05, 4.69) is 39.0 Å². The first kappa shape index (κ1) is 25.8. The van der Waals surface area contributed by atoms with Crippen molar-refractivity contribution in [1.29, 1.82) is 0 Å². The molecule has 1 N–H and O–H groups in total. The number of ether oxygens (including phenoxy) is 4. The van der Waals surface area contributed by atoms with Crippen LogP contribution in [0.5, 0.6) is 11.5 Å². The van der Waals surface area contributed by atoms with Crippen LogP contribution < -0.4 is 9.47 Å². The molecule has 196 valence electrons. The lowest BCUT2D eigenvalue weighted by molar-refractivity contribution is -0.138. The molecule has 0 bridgehead atoms. The van der Waals surface area contributed by atoms with Gasteiger partial charge in [-0.1, -0.05) is 80.6 Å². The Kier molecular flexibility index (Phi) is 7.57. The van der Waals surface area contributed by atoms with Crippen molar-refractivity contribution in [3.05, 3.63) is 95.1 Å². The molecule has 1 aliphatic heterocycles. The molecular weight excluding hydrogens is 464 g/mol. The molecule has 37 heavy (non-hydrogen) atoms. The van der Waals surface area contributed by atoms with Crippen LogP contribution >= 0.6 is 0 Å². The van der Waals surface area contributed by atoms with E-state index in [1.807, 2.05) is 54.6 Å². The second-order valence-electron chi connectivity index (χ2n) is 11.2. The number of benzene rings is 3. The standard InChI is InChI=1S/C32H38O5/c1-31(2)28-18-25-14-15-27(36-22-35-20-24-12-8-5-9-13-24)26(21-34-19-23-10-6-4-7-11-23)30(25)37-32(28,3)17-16-29(31)33/h4-15,28-29,33H,16-22H2,1-3H3/t28-,29-,32-/m1/s1. The fourth-order valence-corrected chi connectivity index (χ4v) is 5.95. The molecule has 0 unspecified atom stereocenters. The van der Waals surface area contributed by atoms with Crippen LogP contribution in [0, 0.1) is 11.3 Å². The summed E-state index contributed by atoms with van der Waals surface area (Å²) < 4.78 is 25.0. The molecule has 3 aromatic rings. The van der Waals surface area contributed by atoms with Crippen molar-refractivity contribution in [1.82, 2.24) is 0 Å². The number of aliphatic hydroxyl groups excluding tert-OH is 1. The first-order valence-electron chi connectivity index (χ1n) is 13.2. The zero-order chi connectivity index (χ0) is 25.9. The largest absolute Gasteiger partial charge is 0.486 e. The van der Waals surface area contributed by atoms with Crippen LogP contribution in [0.15, 0.2) is 72.8 Å². The highest BCUT2D eigenvalue weighted by atomic mass is 16.7. The van der Waals surface area contributed by atoms with Crippen LogP contribution in [-0.4, -0.2) is 23.6 Å². The molecule has 0 amide bonds. The second-order valence-corrected chi connectivity index (χ2v) is 11.2. The summed E-state index contributed by atoms with van der Waals surface area (Å²) in [5, 5.41) is 10.8. The summed E-state index contributed by atoms with van der Waals surface area (Å²) in [6, 6.07) is 24.3. The molecule has 0 spiro atoms. The Bertz CT molecular complexity index is 1180. The molecule has 5 nitrogen and oxygen atoms in total. The lowest BCUT2D eigenvalue weighted by atomic mass is 9.57. The number of fused-ring (bicyclic) bond motifs is 2. The van der Waals surface area contributed by atoms with Crippen molar-refractivity contribution in [2.24, 2.45) is 11.3 Å². The molecule has 5 heteroatoms. The van der Waals surface area contributed by atoms with E-state index in [1.54, 1.807) is 0 Å². The van der Waals surface area contributed by atoms with Gasteiger partial charge in [0, 0.05) is 5.92 Å². The summed E-state index contributed by atoms with van der Waals surface area (Å²) in [7, 11) is 0. The number of hydrogen-bond acceptors (Lipinski definition) is 5. The Morgan fingerprint density at radius 1 is 0.838 bits per heavy atom. The molecule has 1 aliphatic carbocycles. The molecule has 0 aromatic heterocycles. The van der Waals surface area contributed by atoms with Gasteiger partial charge in [0.25, 0.3) is 0 Å². The van der Waals surface area contributed by atoms with E-state index in [1.165, 1.54) is 0 Å². The van der Waals surface area contributed by atoms with Gasteiger partial charge in [-0.3, -0.25) is 0 Å². The van der Waals surface area contributed by atoms with Gasteiger partial charge in [-0.2, -0.15) is 0 Å².